The van der Waals surface area contributed by atoms with E-state index in [-0.39, 0.29) is 0 Å². The molecule has 0 saturated carbocycles. The third-order valence-corrected chi connectivity index (χ3v) is 3.38. The van der Waals surface area contributed by atoms with E-state index < -0.39 is 73.6 Å². The molecule has 0 spiro atoms. The zero-order valence-electron chi connectivity index (χ0n) is 11.5. The van der Waals surface area contributed by atoms with Gasteiger partial charge < -0.3 is 45.6 Å². The molecule has 0 saturated heterocycles. The molecule has 0 aliphatic carbocycles. The normalized spacial score (nSPS) is 25.5. The largest absolute Gasteiger partial charge is 0.505 e. The van der Waals surface area contributed by atoms with E-state index >= 15 is 0 Å². The Kier molecular flexibility index (Phi) is 6.11. The van der Waals surface area contributed by atoms with Gasteiger partial charge in [-0.05, 0) is 0 Å². The molecule has 0 radical (unpaired) electrons. The lowest BCUT2D eigenvalue weighted by Crippen LogP contribution is -2.54. The minimum Gasteiger partial charge on any atom is -0.505 e. The molecule has 4 atom stereocenters. The Balaban J connectivity index is 3.02. The summed E-state index contributed by atoms with van der Waals surface area (Å²) >= 11 is 0. The van der Waals surface area contributed by atoms with Crippen LogP contribution in [0.2, 0.25) is 0 Å². The first-order valence-corrected chi connectivity index (χ1v) is 6.47. The lowest BCUT2D eigenvalue weighted by molar-refractivity contribution is -0.174. The van der Waals surface area contributed by atoms with E-state index in [0.29, 0.717) is 0 Å². The van der Waals surface area contributed by atoms with Gasteiger partial charge in [0.15, 0.2) is 11.9 Å². The Morgan fingerprint density at radius 3 is 1.82 bits per heavy atom. The first-order valence-electron chi connectivity index (χ1n) is 6.47. The van der Waals surface area contributed by atoms with Gasteiger partial charge in [0, 0.05) is 12.8 Å². The molecule has 1 aliphatic rings. The van der Waals surface area contributed by atoms with Gasteiger partial charge in [0.25, 0.3) is 0 Å². The number of cyclic esters (lactones) is 1. The highest BCUT2D eigenvalue weighted by atomic mass is 16.6. The third-order valence-electron chi connectivity index (χ3n) is 3.38. The standard InChI is InChI=1S/C12H20O10/c13-3-5(15)1-12(21,2-6(16)4-14)10(19)9-7(17)8(18)11(20)22-9/h5-6,9-10,13-19,21H,1-4H2/t5?,6?,9-,10+,12?/m0/s1. The summed E-state index contributed by atoms with van der Waals surface area (Å²) in [6, 6.07) is 0. The number of aliphatic hydroxyl groups is 8. The fourth-order valence-corrected chi connectivity index (χ4v) is 2.23. The summed E-state index contributed by atoms with van der Waals surface area (Å²) in [7, 11) is 0. The van der Waals surface area contributed by atoms with Crippen LogP contribution < -0.4 is 0 Å². The number of ether oxygens (including phenoxy) is 1. The fraction of sp³-hybridized carbons (Fsp3) is 0.750. The molecule has 1 aliphatic heterocycles. The number of hydrogen-bond acceptors (Lipinski definition) is 10. The Labute approximate surface area is 125 Å². The van der Waals surface area contributed by atoms with E-state index in [2.05, 4.69) is 4.74 Å². The summed E-state index contributed by atoms with van der Waals surface area (Å²) in [6.07, 6.45) is -8.12. The van der Waals surface area contributed by atoms with E-state index in [4.69, 9.17) is 10.2 Å². The topological polar surface area (TPSA) is 188 Å². The molecule has 22 heavy (non-hydrogen) atoms. The highest BCUT2D eigenvalue weighted by Gasteiger charge is 2.50. The van der Waals surface area contributed by atoms with Gasteiger partial charge in [-0.3, -0.25) is 0 Å². The first kappa shape index (κ1) is 18.6. The van der Waals surface area contributed by atoms with Crippen LogP contribution in [0.25, 0.3) is 0 Å². The number of carbonyl (C=O) groups excluding carboxylic acids is 1. The molecular weight excluding hydrogens is 304 g/mol. The van der Waals surface area contributed by atoms with Crippen molar-refractivity contribution in [3.05, 3.63) is 11.5 Å². The molecule has 1 rings (SSSR count). The van der Waals surface area contributed by atoms with Crippen molar-refractivity contribution in [1.82, 2.24) is 0 Å². The van der Waals surface area contributed by atoms with Crippen molar-refractivity contribution in [1.29, 1.82) is 0 Å². The van der Waals surface area contributed by atoms with Gasteiger partial charge in [-0.25, -0.2) is 4.79 Å². The summed E-state index contributed by atoms with van der Waals surface area (Å²) in [4.78, 5) is 11.1. The summed E-state index contributed by atoms with van der Waals surface area (Å²) < 4.78 is 4.51. The summed E-state index contributed by atoms with van der Waals surface area (Å²) in [5.74, 6) is -3.45. The molecule has 0 aromatic carbocycles. The maximum Gasteiger partial charge on any atom is 0.377 e. The Morgan fingerprint density at radius 2 is 1.50 bits per heavy atom. The van der Waals surface area contributed by atoms with Gasteiger partial charge in [0.1, 0.15) is 6.10 Å². The third kappa shape index (κ3) is 3.85. The second-order valence-corrected chi connectivity index (χ2v) is 5.19. The molecule has 0 aromatic heterocycles. The van der Waals surface area contributed by atoms with Crippen molar-refractivity contribution in [2.45, 2.75) is 42.9 Å². The zero-order chi connectivity index (χ0) is 17.1. The van der Waals surface area contributed by atoms with Crippen LogP contribution in [-0.4, -0.2) is 90.1 Å². The van der Waals surface area contributed by atoms with E-state index in [1.807, 2.05) is 0 Å². The Morgan fingerprint density at radius 1 is 1.05 bits per heavy atom. The molecule has 0 fully saturated rings. The lowest BCUT2D eigenvalue weighted by Gasteiger charge is -2.37. The SMILES string of the molecule is O=C1O[C@H]([C@@H](O)C(O)(CC(O)CO)CC(O)CO)C(O)=C1O. The van der Waals surface area contributed by atoms with E-state index in [1.54, 1.807) is 0 Å². The minimum atomic E-state index is -2.33. The molecule has 0 aromatic rings. The van der Waals surface area contributed by atoms with Crippen molar-refractivity contribution in [2.24, 2.45) is 0 Å². The number of esters is 1. The number of aliphatic hydroxyl groups excluding tert-OH is 7. The minimum absolute atomic E-state index is 0.649. The van der Waals surface area contributed by atoms with Crippen molar-refractivity contribution < 1.29 is 50.4 Å². The van der Waals surface area contributed by atoms with Gasteiger partial charge in [-0.2, -0.15) is 0 Å². The van der Waals surface area contributed by atoms with Crippen molar-refractivity contribution in [3.8, 4) is 0 Å². The smallest absolute Gasteiger partial charge is 0.377 e. The van der Waals surface area contributed by atoms with Gasteiger partial charge in [-0.15, -0.1) is 0 Å². The van der Waals surface area contributed by atoms with Gasteiger partial charge in [0.05, 0.1) is 31.0 Å². The molecule has 2 unspecified atom stereocenters. The van der Waals surface area contributed by atoms with Crippen molar-refractivity contribution in [2.75, 3.05) is 13.2 Å². The van der Waals surface area contributed by atoms with Gasteiger partial charge in [-0.1, -0.05) is 0 Å². The second kappa shape index (κ2) is 7.22. The molecule has 8 N–H and O–H groups in total. The zero-order valence-corrected chi connectivity index (χ0v) is 11.5. The predicted octanol–water partition coefficient (Wildman–Crippen LogP) is -3.18. The van der Waals surface area contributed by atoms with Crippen LogP contribution in [0.4, 0.5) is 0 Å². The van der Waals surface area contributed by atoms with Crippen LogP contribution in [0.3, 0.4) is 0 Å². The average Bonchev–Trinajstić information content (AvgIpc) is 2.73. The summed E-state index contributed by atoms with van der Waals surface area (Å²) in [5.41, 5.74) is -2.33. The molecule has 128 valence electrons. The molecule has 0 amide bonds. The Bertz CT molecular complexity index is 422. The van der Waals surface area contributed by atoms with Crippen LogP contribution in [0.15, 0.2) is 11.5 Å². The highest BCUT2D eigenvalue weighted by Crippen LogP contribution is 2.32. The maximum absolute atomic E-state index is 11.1. The monoisotopic (exact) mass is 324 g/mol. The van der Waals surface area contributed by atoms with Crippen LogP contribution in [-0.2, 0) is 9.53 Å². The second-order valence-electron chi connectivity index (χ2n) is 5.19. The molecule has 10 nitrogen and oxygen atoms in total. The lowest BCUT2D eigenvalue weighted by atomic mass is 9.82. The van der Waals surface area contributed by atoms with E-state index in [1.165, 1.54) is 0 Å². The maximum atomic E-state index is 11.1. The molecule has 1 heterocycles. The molecule has 0 bridgehead atoms. The number of rotatable bonds is 8. The van der Waals surface area contributed by atoms with Crippen molar-refractivity contribution in [3.63, 3.8) is 0 Å². The summed E-state index contributed by atoms with van der Waals surface area (Å²) in [5, 5.41) is 75.9. The summed E-state index contributed by atoms with van der Waals surface area (Å²) in [6.45, 7) is -1.52. The van der Waals surface area contributed by atoms with Crippen LogP contribution in [0.1, 0.15) is 12.8 Å². The van der Waals surface area contributed by atoms with Crippen LogP contribution in [0, 0.1) is 0 Å². The van der Waals surface area contributed by atoms with Crippen LogP contribution in [0.5, 0.6) is 0 Å². The average molecular weight is 324 g/mol. The number of carbonyl (C=O) groups is 1. The van der Waals surface area contributed by atoms with Crippen LogP contribution >= 0.6 is 0 Å². The van der Waals surface area contributed by atoms with Gasteiger partial charge in [0.2, 0.25) is 5.76 Å². The number of hydrogen-bond donors (Lipinski definition) is 8. The molecular formula is C12H20O10. The fourth-order valence-electron chi connectivity index (χ4n) is 2.23. The van der Waals surface area contributed by atoms with E-state index in [0.717, 1.165) is 0 Å². The first-order chi connectivity index (χ1) is 10.2. The van der Waals surface area contributed by atoms with Crippen molar-refractivity contribution >= 4 is 5.97 Å². The highest BCUT2D eigenvalue weighted by molar-refractivity contribution is 5.89. The quantitative estimate of drug-likeness (QED) is 0.211. The Hall–Kier alpha value is -1.43. The molecule has 10 heteroatoms. The van der Waals surface area contributed by atoms with E-state index in [9.17, 15) is 35.4 Å². The van der Waals surface area contributed by atoms with Gasteiger partial charge >= 0.3 is 5.97 Å². The predicted molar refractivity (Wildman–Crippen MR) is 68.5 cm³/mol.